The minimum Gasteiger partial charge on any atom is -0.228 e. The van der Waals surface area contributed by atoms with E-state index in [1.807, 2.05) is 11.3 Å². The van der Waals surface area contributed by atoms with E-state index in [1.54, 1.807) is 11.3 Å². The van der Waals surface area contributed by atoms with Crippen LogP contribution in [0, 0.1) is 0 Å². The minimum atomic E-state index is 0.733. The molecule has 0 bridgehead atoms. The Bertz CT molecular complexity index is 3120. The van der Waals surface area contributed by atoms with Crippen LogP contribution >= 0.6 is 22.7 Å². The van der Waals surface area contributed by atoms with Gasteiger partial charge < -0.3 is 0 Å². The van der Waals surface area contributed by atoms with Crippen molar-refractivity contribution in [3.05, 3.63) is 182 Å². The molecule has 0 aliphatic heterocycles. The van der Waals surface area contributed by atoms with Gasteiger partial charge in [-0.1, -0.05) is 152 Å². The van der Waals surface area contributed by atoms with E-state index >= 15 is 0 Å². The van der Waals surface area contributed by atoms with Gasteiger partial charge in [0.25, 0.3) is 0 Å². The second-order valence-corrected chi connectivity index (χ2v) is 15.9. The molecule has 0 unspecified atom stereocenters. The van der Waals surface area contributed by atoms with Gasteiger partial charge in [0, 0.05) is 36.0 Å². The molecular formula is C50H30N2S2. The number of benzene rings is 8. The summed E-state index contributed by atoms with van der Waals surface area (Å²) in [6, 6.07) is 65.6. The molecule has 8 aromatic carbocycles. The van der Waals surface area contributed by atoms with Crippen molar-refractivity contribution in [3.8, 4) is 55.5 Å². The zero-order valence-corrected chi connectivity index (χ0v) is 30.7. The van der Waals surface area contributed by atoms with Gasteiger partial charge in [-0.15, -0.1) is 22.7 Å². The average Bonchev–Trinajstić information content (AvgIpc) is 3.85. The van der Waals surface area contributed by atoms with Crippen molar-refractivity contribution >= 4 is 74.5 Å². The monoisotopic (exact) mass is 722 g/mol. The van der Waals surface area contributed by atoms with E-state index in [2.05, 4.69) is 182 Å². The molecule has 3 heterocycles. The maximum Gasteiger partial charge on any atom is 0.160 e. The lowest BCUT2D eigenvalue weighted by atomic mass is 9.86. The number of rotatable bonds is 5. The predicted molar refractivity (Wildman–Crippen MR) is 232 cm³/mol. The third-order valence-electron chi connectivity index (χ3n) is 10.5. The van der Waals surface area contributed by atoms with E-state index in [0.717, 1.165) is 33.2 Å². The third kappa shape index (κ3) is 5.14. The van der Waals surface area contributed by atoms with Crippen molar-refractivity contribution in [2.24, 2.45) is 0 Å². The highest BCUT2D eigenvalue weighted by Crippen LogP contribution is 2.44. The average molecular weight is 723 g/mol. The normalized spacial score (nSPS) is 11.7. The van der Waals surface area contributed by atoms with E-state index in [1.165, 1.54) is 74.1 Å². The van der Waals surface area contributed by atoms with Gasteiger partial charge in [0.05, 0.1) is 16.3 Å². The Hall–Kier alpha value is -6.46. The van der Waals surface area contributed by atoms with Crippen LogP contribution in [0.15, 0.2) is 182 Å². The Labute approximate surface area is 320 Å². The fourth-order valence-corrected chi connectivity index (χ4v) is 10.2. The van der Waals surface area contributed by atoms with Crippen LogP contribution in [-0.2, 0) is 0 Å². The summed E-state index contributed by atoms with van der Waals surface area (Å²) in [4.78, 5) is 11.6. The SMILES string of the molecule is c1ccc(-c2c3ccccc3c(-c3ccc(-c4cc(-c5cc6ccccc6s5)nc(-c5ccc6c(c5)sc5ccccc56)n4)cc3)c3ccccc23)cc1. The molecule has 0 saturated heterocycles. The van der Waals surface area contributed by atoms with Crippen LogP contribution in [0.5, 0.6) is 0 Å². The molecule has 0 amide bonds. The first kappa shape index (κ1) is 31.1. The van der Waals surface area contributed by atoms with Crippen LogP contribution in [0.1, 0.15) is 0 Å². The summed E-state index contributed by atoms with van der Waals surface area (Å²) in [7, 11) is 0. The molecule has 0 spiro atoms. The number of hydrogen-bond donors (Lipinski definition) is 0. The Balaban J connectivity index is 1.07. The first-order chi connectivity index (χ1) is 26.7. The van der Waals surface area contributed by atoms with Crippen LogP contribution in [0.3, 0.4) is 0 Å². The van der Waals surface area contributed by atoms with Gasteiger partial charge in [-0.25, -0.2) is 9.97 Å². The maximum absolute atomic E-state index is 5.26. The summed E-state index contributed by atoms with van der Waals surface area (Å²) < 4.78 is 3.79. The van der Waals surface area contributed by atoms with Crippen LogP contribution in [0.25, 0.3) is 107 Å². The van der Waals surface area contributed by atoms with Crippen molar-refractivity contribution in [2.45, 2.75) is 0 Å². The summed E-state index contributed by atoms with van der Waals surface area (Å²) >= 11 is 3.60. The van der Waals surface area contributed by atoms with Crippen LogP contribution in [0.2, 0.25) is 0 Å². The largest absolute Gasteiger partial charge is 0.228 e. The molecular weight excluding hydrogens is 693 g/mol. The van der Waals surface area contributed by atoms with Crippen LogP contribution in [0.4, 0.5) is 0 Å². The highest BCUT2D eigenvalue weighted by molar-refractivity contribution is 7.25. The lowest BCUT2D eigenvalue weighted by molar-refractivity contribution is 1.19. The predicted octanol–water partition coefficient (Wildman–Crippen LogP) is 14.7. The van der Waals surface area contributed by atoms with E-state index in [0.29, 0.717) is 0 Å². The van der Waals surface area contributed by atoms with Gasteiger partial charge in [0.2, 0.25) is 0 Å². The van der Waals surface area contributed by atoms with E-state index in [-0.39, 0.29) is 0 Å². The van der Waals surface area contributed by atoms with Gasteiger partial charge in [-0.3, -0.25) is 0 Å². The zero-order valence-electron chi connectivity index (χ0n) is 29.0. The smallest absolute Gasteiger partial charge is 0.160 e. The second kappa shape index (κ2) is 12.6. The standard InChI is InChI=1S/C50H30N2S2/c1-2-12-32(13-3-1)48-38-16-5-7-18-40(38)49(41-19-8-6-17-39(41)48)33-24-22-31(23-25-33)42-30-43(47-28-34-14-4-10-20-44(34)53-47)52-50(51-42)35-26-27-37-36-15-9-11-21-45(36)54-46(37)29-35/h1-30H. The Kier molecular flexibility index (Phi) is 7.25. The highest BCUT2D eigenvalue weighted by Gasteiger charge is 2.18. The zero-order chi connectivity index (χ0) is 35.6. The third-order valence-corrected chi connectivity index (χ3v) is 12.8. The topological polar surface area (TPSA) is 25.8 Å². The van der Waals surface area contributed by atoms with Crippen molar-refractivity contribution in [2.75, 3.05) is 0 Å². The number of aromatic nitrogens is 2. The van der Waals surface area contributed by atoms with Gasteiger partial charge in [0.1, 0.15) is 0 Å². The molecule has 0 N–H and O–H groups in total. The Morgan fingerprint density at radius 3 is 1.52 bits per heavy atom. The van der Waals surface area contributed by atoms with Crippen molar-refractivity contribution < 1.29 is 0 Å². The van der Waals surface area contributed by atoms with Crippen LogP contribution < -0.4 is 0 Å². The molecule has 3 aromatic heterocycles. The van der Waals surface area contributed by atoms with E-state index < -0.39 is 0 Å². The Morgan fingerprint density at radius 2 is 0.833 bits per heavy atom. The minimum absolute atomic E-state index is 0.733. The molecule has 11 rings (SSSR count). The molecule has 0 atom stereocenters. The summed E-state index contributed by atoms with van der Waals surface area (Å²) in [6.45, 7) is 0. The van der Waals surface area contributed by atoms with Gasteiger partial charge in [0.15, 0.2) is 5.82 Å². The number of thiophene rings is 2. The lowest BCUT2D eigenvalue weighted by Gasteiger charge is -2.18. The van der Waals surface area contributed by atoms with Gasteiger partial charge >= 0.3 is 0 Å². The quantitative estimate of drug-likeness (QED) is 0.165. The van der Waals surface area contributed by atoms with Gasteiger partial charge in [-0.05, 0) is 79.5 Å². The summed E-state index contributed by atoms with van der Waals surface area (Å²) in [5, 5.41) is 8.79. The van der Waals surface area contributed by atoms with Crippen LogP contribution in [-0.4, -0.2) is 9.97 Å². The molecule has 0 radical (unpaired) electrons. The molecule has 252 valence electrons. The number of fused-ring (bicyclic) bond motifs is 6. The molecule has 0 aliphatic rings. The Morgan fingerprint density at radius 1 is 0.315 bits per heavy atom. The van der Waals surface area contributed by atoms with Crippen molar-refractivity contribution in [3.63, 3.8) is 0 Å². The molecule has 2 nitrogen and oxygen atoms in total. The van der Waals surface area contributed by atoms with Crippen molar-refractivity contribution in [1.82, 2.24) is 9.97 Å². The van der Waals surface area contributed by atoms with E-state index in [9.17, 15) is 0 Å². The first-order valence-corrected chi connectivity index (χ1v) is 19.8. The lowest BCUT2D eigenvalue weighted by Crippen LogP contribution is -1.95. The summed E-state index contributed by atoms with van der Waals surface area (Å²) in [5.74, 6) is 0.733. The maximum atomic E-state index is 5.26. The van der Waals surface area contributed by atoms with Crippen molar-refractivity contribution in [1.29, 1.82) is 0 Å². The summed E-state index contributed by atoms with van der Waals surface area (Å²) in [6.07, 6.45) is 0. The second-order valence-electron chi connectivity index (χ2n) is 13.7. The molecule has 0 aliphatic carbocycles. The van der Waals surface area contributed by atoms with E-state index in [4.69, 9.17) is 9.97 Å². The van der Waals surface area contributed by atoms with Gasteiger partial charge in [-0.2, -0.15) is 0 Å². The molecule has 4 heteroatoms. The molecule has 54 heavy (non-hydrogen) atoms. The number of hydrogen-bond acceptors (Lipinski definition) is 4. The highest BCUT2D eigenvalue weighted by atomic mass is 32.1. The molecule has 0 saturated carbocycles. The summed E-state index contributed by atoms with van der Waals surface area (Å²) in [5.41, 5.74) is 8.85. The number of nitrogens with zero attached hydrogens (tertiary/aromatic N) is 2. The fraction of sp³-hybridized carbons (Fsp3) is 0. The molecule has 0 fully saturated rings. The fourth-order valence-electron chi connectivity index (χ4n) is 7.99. The molecule has 11 aromatic rings. The first-order valence-electron chi connectivity index (χ1n) is 18.1.